The van der Waals surface area contributed by atoms with E-state index in [9.17, 15) is 4.79 Å². The van der Waals surface area contributed by atoms with Gasteiger partial charge >= 0.3 is 6.09 Å². The van der Waals surface area contributed by atoms with Crippen molar-refractivity contribution in [3.05, 3.63) is 0 Å². The van der Waals surface area contributed by atoms with E-state index < -0.39 is 5.60 Å². The number of rotatable bonds is 4. The SMILES string of the molecule is C#CCC(C)NC1CCCC1C1CCCN1C(=O)OC(C)(C)C. The van der Waals surface area contributed by atoms with Crippen LogP contribution in [0.3, 0.4) is 0 Å². The first-order valence-electron chi connectivity index (χ1n) is 9.01. The lowest BCUT2D eigenvalue weighted by Crippen LogP contribution is -2.49. The molecular weight excluding hydrogens is 288 g/mol. The van der Waals surface area contributed by atoms with Crippen molar-refractivity contribution in [3.63, 3.8) is 0 Å². The first-order chi connectivity index (χ1) is 10.8. The van der Waals surface area contributed by atoms with Gasteiger partial charge in [0.1, 0.15) is 5.60 Å². The minimum absolute atomic E-state index is 0.151. The van der Waals surface area contributed by atoms with Crippen molar-refractivity contribution in [1.82, 2.24) is 10.2 Å². The van der Waals surface area contributed by atoms with Gasteiger partial charge in [0, 0.05) is 31.1 Å². The first kappa shape index (κ1) is 18.1. The number of hydrogen-bond donors (Lipinski definition) is 1. The fourth-order valence-electron chi connectivity index (χ4n) is 4.04. The molecule has 2 rings (SSSR count). The van der Waals surface area contributed by atoms with Crippen LogP contribution in [0.5, 0.6) is 0 Å². The van der Waals surface area contributed by atoms with Crippen LogP contribution >= 0.6 is 0 Å². The Morgan fingerprint density at radius 3 is 2.74 bits per heavy atom. The molecule has 0 bridgehead atoms. The summed E-state index contributed by atoms with van der Waals surface area (Å²) in [5, 5.41) is 3.69. The van der Waals surface area contributed by atoms with Gasteiger partial charge in [-0.05, 0) is 59.3 Å². The smallest absolute Gasteiger partial charge is 0.410 e. The molecule has 130 valence electrons. The summed E-state index contributed by atoms with van der Waals surface area (Å²) in [6.45, 7) is 8.75. The molecule has 0 aromatic rings. The van der Waals surface area contributed by atoms with Gasteiger partial charge in [-0.2, -0.15) is 0 Å². The van der Waals surface area contributed by atoms with E-state index in [0.29, 0.717) is 24.0 Å². The average Bonchev–Trinajstić information content (AvgIpc) is 3.04. The highest BCUT2D eigenvalue weighted by Gasteiger charge is 2.42. The molecule has 4 unspecified atom stereocenters. The lowest BCUT2D eigenvalue weighted by Gasteiger charge is -2.35. The Balaban J connectivity index is 2.00. The van der Waals surface area contributed by atoms with Crippen LogP contribution in [0.25, 0.3) is 0 Å². The molecule has 1 heterocycles. The van der Waals surface area contributed by atoms with E-state index in [0.717, 1.165) is 25.8 Å². The zero-order valence-corrected chi connectivity index (χ0v) is 15.1. The number of carbonyl (C=O) groups excluding carboxylic acids is 1. The van der Waals surface area contributed by atoms with Gasteiger partial charge in [-0.3, -0.25) is 0 Å². The number of carbonyl (C=O) groups is 1. The summed E-state index contributed by atoms with van der Waals surface area (Å²) < 4.78 is 5.61. The third-order valence-electron chi connectivity index (χ3n) is 4.91. The molecule has 0 radical (unpaired) electrons. The molecule has 23 heavy (non-hydrogen) atoms. The van der Waals surface area contributed by atoms with Crippen LogP contribution < -0.4 is 5.32 Å². The van der Waals surface area contributed by atoms with Crippen LogP contribution in [-0.2, 0) is 4.74 Å². The van der Waals surface area contributed by atoms with E-state index in [1.807, 2.05) is 25.7 Å². The van der Waals surface area contributed by atoms with E-state index >= 15 is 0 Å². The molecule has 0 aromatic carbocycles. The normalized spacial score (nSPS) is 29.3. The van der Waals surface area contributed by atoms with Crippen molar-refractivity contribution in [2.75, 3.05) is 6.54 Å². The van der Waals surface area contributed by atoms with E-state index in [2.05, 4.69) is 18.2 Å². The Morgan fingerprint density at radius 1 is 1.35 bits per heavy atom. The highest BCUT2D eigenvalue weighted by atomic mass is 16.6. The van der Waals surface area contributed by atoms with Gasteiger partial charge in [0.05, 0.1) is 0 Å². The van der Waals surface area contributed by atoms with Crippen molar-refractivity contribution in [2.45, 2.75) is 89.9 Å². The molecule has 1 aliphatic carbocycles. The fraction of sp³-hybridized carbons (Fsp3) is 0.842. The molecule has 1 saturated carbocycles. The quantitative estimate of drug-likeness (QED) is 0.805. The van der Waals surface area contributed by atoms with Crippen molar-refractivity contribution < 1.29 is 9.53 Å². The second kappa shape index (κ2) is 7.57. The Morgan fingerprint density at radius 2 is 2.09 bits per heavy atom. The van der Waals surface area contributed by atoms with Gasteiger partial charge in [0.15, 0.2) is 0 Å². The number of likely N-dealkylation sites (tertiary alicyclic amines) is 1. The van der Waals surface area contributed by atoms with Crippen LogP contribution in [0, 0.1) is 18.3 Å². The number of nitrogens with one attached hydrogen (secondary N) is 1. The molecule has 1 saturated heterocycles. The van der Waals surface area contributed by atoms with E-state index in [-0.39, 0.29) is 6.09 Å². The monoisotopic (exact) mass is 320 g/mol. The minimum Gasteiger partial charge on any atom is -0.444 e. The Labute approximate surface area is 141 Å². The molecule has 0 aromatic heterocycles. The topological polar surface area (TPSA) is 41.6 Å². The predicted octanol–water partition coefficient (Wildman–Crippen LogP) is 3.56. The summed E-state index contributed by atoms with van der Waals surface area (Å²) in [5.74, 6) is 3.25. The van der Waals surface area contributed by atoms with Crippen LogP contribution in [-0.4, -0.2) is 41.3 Å². The number of terminal acetylenes is 1. The summed E-state index contributed by atoms with van der Waals surface area (Å²) in [5.41, 5.74) is -0.432. The molecule has 1 N–H and O–H groups in total. The maximum atomic E-state index is 12.5. The molecule has 1 amide bonds. The van der Waals surface area contributed by atoms with E-state index in [1.54, 1.807) is 0 Å². The van der Waals surface area contributed by atoms with Crippen LogP contribution in [0.1, 0.15) is 66.2 Å². The third-order valence-corrected chi connectivity index (χ3v) is 4.91. The molecule has 4 atom stereocenters. The van der Waals surface area contributed by atoms with Gasteiger partial charge in [0.2, 0.25) is 0 Å². The van der Waals surface area contributed by atoms with Crippen LogP contribution in [0.2, 0.25) is 0 Å². The molecule has 4 heteroatoms. The van der Waals surface area contributed by atoms with E-state index in [1.165, 1.54) is 19.3 Å². The van der Waals surface area contributed by atoms with Crippen molar-refractivity contribution in [2.24, 2.45) is 5.92 Å². The second-order valence-electron chi connectivity index (χ2n) is 8.06. The minimum atomic E-state index is -0.432. The lowest BCUT2D eigenvalue weighted by molar-refractivity contribution is 0.0165. The van der Waals surface area contributed by atoms with Gasteiger partial charge in [-0.1, -0.05) is 6.42 Å². The van der Waals surface area contributed by atoms with Crippen molar-refractivity contribution in [3.8, 4) is 12.3 Å². The first-order valence-corrected chi connectivity index (χ1v) is 9.01. The fourth-order valence-corrected chi connectivity index (χ4v) is 4.04. The second-order valence-corrected chi connectivity index (χ2v) is 8.06. The van der Waals surface area contributed by atoms with Crippen LogP contribution in [0.4, 0.5) is 4.79 Å². The summed E-state index contributed by atoms with van der Waals surface area (Å²) in [6, 6.07) is 1.11. The van der Waals surface area contributed by atoms with Gasteiger partial charge in [-0.15, -0.1) is 12.3 Å². The van der Waals surface area contributed by atoms with Crippen LogP contribution in [0.15, 0.2) is 0 Å². The number of nitrogens with zero attached hydrogens (tertiary/aromatic N) is 1. The summed E-state index contributed by atoms with van der Waals surface area (Å²) >= 11 is 0. The van der Waals surface area contributed by atoms with Crippen molar-refractivity contribution >= 4 is 6.09 Å². The third kappa shape index (κ3) is 4.88. The zero-order chi connectivity index (χ0) is 17.0. The lowest BCUT2D eigenvalue weighted by atomic mass is 9.92. The van der Waals surface area contributed by atoms with Gasteiger partial charge in [-0.25, -0.2) is 4.79 Å². The predicted molar refractivity (Wildman–Crippen MR) is 93.1 cm³/mol. The van der Waals surface area contributed by atoms with Crippen molar-refractivity contribution in [1.29, 1.82) is 0 Å². The highest BCUT2D eigenvalue weighted by Crippen LogP contribution is 2.36. The Bertz CT molecular complexity index is 449. The highest BCUT2D eigenvalue weighted by molar-refractivity contribution is 5.69. The van der Waals surface area contributed by atoms with Gasteiger partial charge < -0.3 is 15.0 Å². The molecule has 4 nitrogen and oxygen atoms in total. The Kier molecular flexibility index (Phi) is 5.97. The summed E-state index contributed by atoms with van der Waals surface area (Å²) in [4.78, 5) is 14.5. The number of ether oxygens (including phenoxy) is 1. The van der Waals surface area contributed by atoms with Gasteiger partial charge in [0.25, 0.3) is 0 Å². The number of hydrogen-bond acceptors (Lipinski definition) is 3. The standard InChI is InChI=1S/C19H32N2O2/c1-6-9-14(2)20-16-11-7-10-15(16)17-12-8-13-21(17)18(22)23-19(3,4)5/h1,14-17,20H,7-13H2,2-5H3. The summed E-state index contributed by atoms with van der Waals surface area (Å²) in [6.07, 6.45) is 11.8. The zero-order valence-electron chi connectivity index (χ0n) is 15.1. The molecule has 0 spiro atoms. The largest absolute Gasteiger partial charge is 0.444 e. The molecule has 2 fully saturated rings. The Hall–Kier alpha value is -1.21. The average molecular weight is 320 g/mol. The van der Waals surface area contributed by atoms with E-state index in [4.69, 9.17) is 11.2 Å². The maximum absolute atomic E-state index is 12.5. The molecule has 2 aliphatic rings. The maximum Gasteiger partial charge on any atom is 0.410 e. The molecular formula is C19H32N2O2. The number of amides is 1. The summed E-state index contributed by atoms with van der Waals surface area (Å²) in [7, 11) is 0. The molecule has 1 aliphatic heterocycles.